The summed E-state index contributed by atoms with van der Waals surface area (Å²) in [6, 6.07) is 1.85. The van der Waals surface area contributed by atoms with Crippen molar-refractivity contribution in [2.45, 2.75) is 44.6 Å². The molecule has 17 heavy (non-hydrogen) atoms. The molecule has 1 saturated carbocycles. The SMILES string of the molecule is Cc1cc(NC(=O)C2(N)CCCCC2)n(C)n1. The Kier molecular flexibility index (Phi) is 3.19. The van der Waals surface area contributed by atoms with E-state index in [1.54, 1.807) is 4.68 Å². The Balaban J connectivity index is 2.08. The zero-order chi connectivity index (χ0) is 12.5. The molecule has 1 aliphatic rings. The zero-order valence-corrected chi connectivity index (χ0v) is 10.5. The van der Waals surface area contributed by atoms with E-state index < -0.39 is 5.54 Å². The van der Waals surface area contributed by atoms with Gasteiger partial charge in [0, 0.05) is 13.1 Å². The highest BCUT2D eigenvalue weighted by molar-refractivity contribution is 5.97. The first-order chi connectivity index (χ1) is 8.01. The van der Waals surface area contributed by atoms with Crippen molar-refractivity contribution in [3.8, 4) is 0 Å². The minimum atomic E-state index is -0.698. The summed E-state index contributed by atoms with van der Waals surface area (Å²) >= 11 is 0. The fraction of sp³-hybridized carbons (Fsp3) is 0.667. The molecule has 1 amide bonds. The first kappa shape index (κ1) is 12.1. The van der Waals surface area contributed by atoms with Gasteiger partial charge < -0.3 is 11.1 Å². The molecule has 0 bridgehead atoms. The largest absolute Gasteiger partial charge is 0.317 e. The summed E-state index contributed by atoms with van der Waals surface area (Å²) in [5.41, 5.74) is 6.35. The van der Waals surface area contributed by atoms with Crippen LogP contribution < -0.4 is 11.1 Å². The summed E-state index contributed by atoms with van der Waals surface area (Å²) in [5.74, 6) is 0.628. The number of carbonyl (C=O) groups is 1. The maximum absolute atomic E-state index is 12.2. The Morgan fingerprint density at radius 1 is 1.47 bits per heavy atom. The molecular weight excluding hydrogens is 216 g/mol. The van der Waals surface area contributed by atoms with E-state index in [1.165, 1.54) is 6.42 Å². The van der Waals surface area contributed by atoms with Crippen LogP contribution in [0.25, 0.3) is 0 Å². The van der Waals surface area contributed by atoms with Crippen LogP contribution in [-0.4, -0.2) is 21.2 Å². The van der Waals surface area contributed by atoms with E-state index >= 15 is 0 Å². The van der Waals surface area contributed by atoms with Crippen molar-refractivity contribution in [1.82, 2.24) is 9.78 Å². The number of amides is 1. The fourth-order valence-corrected chi connectivity index (χ4v) is 2.38. The predicted molar refractivity (Wildman–Crippen MR) is 66.6 cm³/mol. The summed E-state index contributed by atoms with van der Waals surface area (Å²) < 4.78 is 1.67. The predicted octanol–water partition coefficient (Wildman–Crippen LogP) is 1.33. The second-order valence-electron chi connectivity index (χ2n) is 4.97. The maximum Gasteiger partial charge on any atom is 0.245 e. The Morgan fingerprint density at radius 3 is 2.65 bits per heavy atom. The van der Waals surface area contributed by atoms with Gasteiger partial charge in [-0.2, -0.15) is 5.10 Å². The average Bonchev–Trinajstić information content (AvgIpc) is 2.58. The van der Waals surface area contributed by atoms with E-state index in [2.05, 4.69) is 10.4 Å². The number of aryl methyl sites for hydroxylation is 2. The quantitative estimate of drug-likeness (QED) is 0.813. The molecule has 5 heteroatoms. The Labute approximate surface area is 101 Å². The zero-order valence-electron chi connectivity index (χ0n) is 10.5. The highest BCUT2D eigenvalue weighted by atomic mass is 16.2. The Morgan fingerprint density at radius 2 is 2.12 bits per heavy atom. The van der Waals surface area contributed by atoms with Crippen LogP contribution in [0.4, 0.5) is 5.82 Å². The van der Waals surface area contributed by atoms with Crippen molar-refractivity contribution < 1.29 is 4.79 Å². The third-order valence-corrected chi connectivity index (χ3v) is 3.44. The third kappa shape index (κ3) is 2.49. The van der Waals surface area contributed by atoms with Gasteiger partial charge in [-0.05, 0) is 19.8 Å². The number of nitrogens with zero attached hydrogens (tertiary/aromatic N) is 2. The van der Waals surface area contributed by atoms with Crippen molar-refractivity contribution in [1.29, 1.82) is 0 Å². The van der Waals surface area contributed by atoms with Gasteiger partial charge in [0.05, 0.1) is 11.2 Å². The highest BCUT2D eigenvalue weighted by Crippen LogP contribution is 2.27. The molecule has 94 valence electrons. The van der Waals surface area contributed by atoms with Gasteiger partial charge in [-0.1, -0.05) is 19.3 Å². The standard InChI is InChI=1S/C12H20N4O/c1-9-8-10(16(2)15-9)14-11(17)12(13)6-4-3-5-7-12/h8H,3-7,13H2,1-2H3,(H,14,17). The van der Waals surface area contributed by atoms with Gasteiger partial charge in [-0.25, -0.2) is 0 Å². The second-order valence-corrected chi connectivity index (χ2v) is 4.97. The summed E-state index contributed by atoms with van der Waals surface area (Å²) in [6.45, 7) is 1.90. The molecule has 1 aromatic rings. The third-order valence-electron chi connectivity index (χ3n) is 3.44. The van der Waals surface area contributed by atoms with E-state index in [4.69, 9.17) is 5.73 Å². The second kappa shape index (κ2) is 4.49. The number of nitrogens with two attached hydrogens (primary N) is 1. The highest BCUT2D eigenvalue weighted by Gasteiger charge is 2.35. The number of nitrogens with one attached hydrogen (secondary N) is 1. The van der Waals surface area contributed by atoms with Gasteiger partial charge in [0.1, 0.15) is 5.82 Å². The van der Waals surface area contributed by atoms with Crippen LogP contribution in [0.5, 0.6) is 0 Å². The molecule has 0 spiro atoms. The molecule has 3 N–H and O–H groups in total. The summed E-state index contributed by atoms with van der Waals surface area (Å²) in [6.07, 6.45) is 4.80. The molecule has 0 aliphatic heterocycles. The first-order valence-corrected chi connectivity index (χ1v) is 6.12. The summed E-state index contributed by atoms with van der Waals surface area (Å²) in [7, 11) is 1.81. The number of rotatable bonds is 2. The van der Waals surface area contributed by atoms with Crippen molar-refractivity contribution in [2.75, 3.05) is 5.32 Å². The lowest BCUT2D eigenvalue weighted by molar-refractivity contribution is -0.122. The fourth-order valence-electron chi connectivity index (χ4n) is 2.38. The van der Waals surface area contributed by atoms with E-state index in [1.807, 2.05) is 20.0 Å². The Hall–Kier alpha value is -1.36. The van der Waals surface area contributed by atoms with Gasteiger partial charge in [0.25, 0.3) is 0 Å². The summed E-state index contributed by atoms with van der Waals surface area (Å²) in [4.78, 5) is 12.2. The monoisotopic (exact) mass is 236 g/mol. The molecule has 1 aliphatic carbocycles. The number of aromatic nitrogens is 2. The normalized spacial score (nSPS) is 19.0. The number of hydrogen-bond acceptors (Lipinski definition) is 3. The molecule has 0 atom stereocenters. The van der Waals surface area contributed by atoms with Crippen LogP contribution >= 0.6 is 0 Å². The molecule has 0 saturated heterocycles. The van der Waals surface area contributed by atoms with Crippen molar-refractivity contribution in [3.63, 3.8) is 0 Å². The van der Waals surface area contributed by atoms with E-state index in [9.17, 15) is 4.79 Å². The van der Waals surface area contributed by atoms with Crippen LogP contribution in [0, 0.1) is 6.92 Å². The minimum Gasteiger partial charge on any atom is -0.317 e. The average molecular weight is 236 g/mol. The lowest BCUT2D eigenvalue weighted by atomic mass is 9.82. The van der Waals surface area contributed by atoms with E-state index in [0.717, 1.165) is 31.4 Å². The van der Waals surface area contributed by atoms with Gasteiger partial charge in [0.15, 0.2) is 0 Å². The molecule has 0 aromatic carbocycles. The lowest BCUT2D eigenvalue weighted by Crippen LogP contribution is -2.52. The maximum atomic E-state index is 12.2. The lowest BCUT2D eigenvalue weighted by Gasteiger charge is -2.31. The molecule has 0 radical (unpaired) electrons. The minimum absolute atomic E-state index is 0.0831. The topological polar surface area (TPSA) is 72.9 Å². The van der Waals surface area contributed by atoms with E-state index in [-0.39, 0.29) is 5.91 Å². The van der Waals surface area contributed by atoms with Gasteiger partial charge in [-0.3, -0.25) is 9.48 Å². The molecule has 2 rings (SSSR count). The number of carbonyl (C=O) groups excluding carboxylic acids is 1. The van der Waals surface area contributed by atoms with Crippen LogP contribution in [-0.2, 0) is 11.8 Å². The van der Waals surface area contributed by atoms with Crippen LogP contribution in [0.3, 0.4) is 0 Å². The van der Waals surface area contributed by atoms with Gasteiger partial charge in [0.2, 0.25) is 5.91 Å². The van der Waals surface area contributed by atoms with Gasteiger partial charge >= 0.3 is 0 Å². The molecule has 1 fully saturated rings. The van der Waals surface area contributed by atoms with Crippen molar-refractivity contribution in [2.24, 2.45) is 12.8 Å². The van der Waals surface area contributed by atoms with Gasteiger partial charge in [-0.15, -0.1) is 0 Å². The smallest absolute Gasteiger partial charge is 0.245 e. The first-order valence-electron chi connectivity index (χ1n) is 6.12. The molecule has 5 nitrogen and oxygen atoms in total. The number of hydrogen-bond donors (Lipinski definition) is 2. The summed E-state index contributed by atoms with van der Waals surface area (Å²) in [5, 5.41) is 7.07. The van der Waals surface area contributed by atoms with E-state index in [0.29, 0.717) is 5.82 Å². The molecule has 1 aromatic heterocycles. The molecule has 0 unspecified atom stereocenters. The van der Waals surface area contributed by atoms with Crippen LogP contribution in [0.1, 0.15) is 37.8 Å². The molecule has 1 heterocycles. The van der Waals surface area contributed by atoms with Crippen molar-refractivity contribution in [3.05, 3.63) is 11.8 Å². The number of anilines is 1. The van der Waals surface area contributed by atoms with Crippen LogP contribution in [0.15, 0.2) is 6.07 Å². The van der Waals surface area contributed by atoms with Crippen molar-refractivity contribution >= 4 is 11.7 Å². The van der Waals surface area contributed by atoms with Crippen LogP contribution in [0.2, 0.25) is 0 Å². The molecular formula is C12H20N4O. The Bertz CT molecular complexity index is 418.